The molecule has 2 fully saturated rings. The van der Waals surface area contributed by atoms with Crippen LogP contribution in [0.3, 0.4) is 0 Å². The van der Waals surface area contributed by atoms with E-state index in [1.54, 1.807) is 0 Å². The summed E-state index contributed by atoms with van der Waals surface area (Å²) in [6.45, 7) is 0.313. The first-order valence-electron chi connectivity index (χ1n) is 6.12. The molecule has 0 spiro atoms. The number of hydrogen-bond acceptors (Lipinski definition) is 2. The lowest BCUT2D eigenvalue weighted by Crippen LogP contribution is -2.41. The molecule has 0 bridgehead atoms. The fourth-order valence-corrected chi connectivity index (χ4v) is 2.44. The van der Waals surface area contributed by atoms with Gasteiger partial charge in [-0.2, -0.15) is 0 Å². The van der Waals surface area contributed by atoms with E-state index in [1.807, 2.05) is 0 Å². The third kappa shape index (κ3) is 2.54. The average Bonchev–Trinajstić information content (AvgIpc) is 2.92. The number of carbonyl (C=O) groups is 2. The molecule has 0 aliphatic heterocycles. The zero-order valence-electron chi connectivity index (χ0n) is 9.50. The van der Waals surface area contributed by atoms with Crippen LogP contribution in [-0.4, -0.2) is 23.5 Å². The van der Waals surface area contributed by atoms with Gasteiger partial charge in [0.15, 0.2) is 0 Å². The minimum atomic E-state index is -0.753. The second kappa shape index (κ2) is 4.44. The first kappa shape index (κ1) is 11.4. The highest BCUT2D eigenvalue weighted by Gasteiger charge is 2.41. The zero-order valence-corrected chi connectivity index (χ0v) is 9.50. The van der Waals surface area contributed by atoms with Crippen molar-refractivity contribution in [3.05, 3.63) is 0 Å². The molecule has 0 saturated heterocycles. The summed E-state index contributed by atoms with van der Waals surface area (Å²) in [6.07, 6.45) is 6.21. The van der Waals surface area contributed by atoms with E-state index in [-0.39, 0.29) is 5.91 Å². The molecule has 0 aromatic rings. The molecule has 16 heavy (non-hydrogen) atoms. The molecule has 0 heterocycles. The number of hydrogen-bond donors (Lipinski definition) is 2. The molecule has 0 radical (unpaired) electrons. The molecule has 0 unspecified atom stereocenters. The summed E-state index contributed by atoms with van der Waals surface area (Å²) in [7, 11) is 0. The van der Waals surface area contributed by atoms with Crippen LogP contribution in [0.15, 0.2) is 0 Å². The molecule has 2 aliphatic rings. The van der Waals surface area contributed by atoms with Gasteiger partial charge in [0.05, 0.1) is 5.41 Å². The molecule has 90 valence electrons. The SMILES string of the molecule is O=C(CC1CC1)NCC1(C(=O)O)CCCC1. The summed E-state index contributed by atoms with van der Waals surface area (Å²) >= 11 is 0. The third-order valence-corrected chi connectivity index (χ3v) is 3.81. The summed E-state index contributed by atoms with van der Waals surface area (Å²) in [5.74, 6) is -0.170. The van der Waals surface area contributed by atoms with Crippen LogP contribution in [0.5, 0.6) is 0 Å². The molecule has 2 aliphatic carbocycles. The van der Waals surface area contributed by atoms with Gasteiger partial charge >= 0.3 is 5.97 Å². The lowest BCUT2D eigenvalue weighted by atomic mass is 9.86. The number of amides is 1. The normalized spacial score (nSPS) is 23.0. The highest BCUT2D eigenvalue weighted by molar-refractivity contribution is 5.79. The maximum atomic E-state index is 11.5. The van der Waals surface area contributed by atoms with Crippen molar-refractivity contribution in [1.82, 2.24) is 5.32 Å². The van der Waals surface area contributed by atoms with Gasteiger partial charge < -0.3 is 10.4 Å². The smallest absolute Gasteiger partial charge is 0.311 e. The van der Waals surface area contributed by atoms with Gasteiger partial charge in [-0.3, -0.25) is 9.59 Å². The predicted molar refractivity (Wildman–Crippen MR) is 58.9 cm³/mol. The van der Waals surface area contributed by atoms with Gasteiger partial charge in [0.1, 0.15) is 0 Å². The second-order valence-corrected chi connectivity index (χ2v) is 5.22. The monoisotopic (exact) mass is 225 g/mol. The van der Waals surface area contributed by atoms with Crippen LogP contribution in [0.1, 0.15) is 44.9 Å². The van der Waals surface area contributed by atoms with Gasteiger partial charge in [0, 0.05) is 13.0 Å². The lowest BCUT2D eigenvalue weighted by molar-refractivity contribution is -0.148. The number of aliphatic carboxylic acids is 1. The Bertz CT molecular complexity index is 291. The summed E-state index contributed by atoms with van der Waals surface area (Å²) in [4.78, 5) is 22.7. The Morgan fingerprint density at radius 3 is 2.38 bits per heavy atom. The fraction of sp³-hybridized carbons (Fsp3) is 0.833. The Kier molecular flexibility index (Phi) is 3.17. The van der Waals surface area contributed by atoms with Crippen LogP contribution in [-0.2, 0) is 9.59 Å². The maximum Gasteiger partial charge on any atom is 0.311 e. The Balaban J connectivity index is 1.81. The highest BCUT2D eigenvalue weighted by atomic mass is 16.4. The van der Waals surface area contributed by atoms with E-state index in [0.717, 1.165) is 25.7 Å². The Morgan fingerprint density at radius 1 is 1.25 bits per heavy atom. The first-order valence-corrected chi connectivity index (χ1v) is 6.12. The topological polar surface area (TPSA) is 66.4 Å². The number of carboxylic acid groups (broad SMARTS) is 1. The number of rotatable bonds is 5. The number of nitrogens with one attached hydrogen (secondary N) is 1. The molecule has 0 atom stereocenters. The second-order valence-electron chi connectivity index (χ2n) is 5.22. The van der Waals surface area contributed by atoms with E-state index in [2.05, 4.69) is 5.32 Å². The molecule has 0 aromatic carbocycles. The van der Waals surface area contributed by atoms with Gasteiger partial charge in [-0.1, -0.05) is 12.8 Å². The molecule has 4 nitrogen and oxygen atoms in total. The van der Waals surface area contributed by atoms with Crippen LogP contribution in [0.4, 0.5) is 0 Å². The average molecular weight is 225 g/mol. The summed E-state index contributed by atoms with van der Waals surface area (Å²) in [5, 5.41) is 12.0. The summed E-state index contributed by atoms with van der Waals surface area (Å²) in [6, 6.07) is 0. The van der Waals surface area contributed by atoms with Crippen molar-refractivity contribution in [2.24, 2.45) is 11.3 Å². The maximum absolute atomic E-state index is 11.5. The highest BCUT2D eigenvalue weighted by Crippen LogP contribution is 2.38. The minimum Gasteiger partial charge on any atom is -0.481 e. The largest absolute Gasteiger partial charge is 0.481 e. The van der Waals surface area contributed by atoms with Crippen molar-refractivity contribution in [2.75, 3.05) is 6.54 Å². The standard InChI is InChI=1S/C12H19NO3/c14-10(7-9-3-4-9)13-8-12(11(15)16)5-1-2-6-12/h9H,1-8H2,(H,13,14)(H,15,16). The Morgan fingerprint density at radius 2 is 1.88 bits per heavy atom. The summed E-state index contributed by atoms with van der Waals surface area (Å²) < 4.78 is 0. The van der Waals surface area contributed by atoms with Crippen molar-refractivity contribution < 1.29 is 14.7 Å². The van der Waals surface area contributed by atoms with E-state index in [9.17, 15) is 14.7 Å². The van der Waals surface area contributed by atoms with Gasteiger partial charge in [0.25, 0.3) is 0 Å². The van der Waals surface area contributed by atoms with E-state index in [0.29, 0.717) is 31.7 Å². The van der Waals surface area contributed by atoms with Crippen LogP contribution < -0.4 is 5.32 Å². The summed E-state index contributed by atoms with van der Waals surface area (Å²) in [5.41, 5.74) is -0.681. The number of carboxylic acids is 1. The van der Waals surface area contributed by atoms with Crippen molar-refractivity contribution >= 4 is 11.9 Å². The van der Waals surface area contributed by atoms with Gasteiger partial charge in [-0.15, -0.1) is 0 Å². The molecule has 1 amide bonds. The van der Waals surface area contributed by atoms with Crippen LogP contribution >= 0.6 is 0 Å². The van der Waals surface area contributed by atoms with Crippen molar-refractivity contribution in [3.63, 3.8) is 0 Å². The Hall–Kier alpha value is -1.06. The van der Waals surface area contributed by atoms with E-state index < -0.39 is 11.4 Å². The van der Waals surface area contributed by atoms with Gasteiger partial charge in [-0.25, -0.2) is 0 Å². The molecule has 0 aromatic heterocycles. The molecule has 4 heteroatoms. The van der Waals surface area contributed by atoms with Gasteiger partial charge in [-0.05, 0) is 31.6 Å². The van der Waals surface area contributed by atoms with Crippen molar-refractivity contribution in [3.8, 4) is 0 Å². The molecular weight excluding hydrogens is 206 g/mol. The van der Waals surface area contributed by atoms with Gasteiger partial charge in [0.2, 0.25) is 5.91 Å². The van der Waals surface area contributed by atoms with E-state index in [1.165, 1.54) is 0 Å². The quantitative estimate of drug-likeness (QED) is 0.746. The molecule has 2 N–H and O–H groups in total. The zero-order chi connectivity index (χ0) is 11.6. The molecule has 2 rings (SSSR count). The van der Waals surface area contributed by atoms with E-state index >= 15 is 0 Å². The third-order valence-electron chi connectivity index (χ3n) is 3.81. The first-order chi connectivity index (χ1) is 7.62. The molecule has 2 saturated carbocycles. The van der Waals surface area contributed by atoms with Crippen molar-refractivity contribution in [1.29, 1.82) is 0 Å². The van der Waals surface area contributed by atoms with Crippen LogP contribution in [0.25, 0.3) is 0 Å². The minimum absolute atomic E-state index is 0.0232. The molecular formula is C12H19NO3. The van der Waals surface area contributed by atoms with E-state index in [4.69, 9.17) is 0 Å². The van der Waals surface area contributed by atoms with Crippen molar-refractivity contribution in [2.45, 2.75) is 44.9 Å². The van der Waals surface area contributed by atoms with Crippen LogP contribution in [0, 0.1) is 11.3 Å². The predicted octanol–water partition coefficient (Wildman–Crippen LogP) is 1.55. The lowest BCUT2D eigenvalue weighted by Gasteiger charge is -2.23. The Labute approximate surface area is 95.4 Å². The fourth-order valence-electron chi connectivity index (χ4n) is 2.44. The van der Waals surface area contributed by atoms with Crippen LogP contribution in [0.2, 0.25) is 0 Å². The number of carbonyl (C=O) groups excluding carboxylic acids is 1.